The molecule has 0 aromatic heterocycles. The zero-order valence-corrected chi connectivity index (χ0v) is 6.41. The van der Waals surface area contributed by atoms with Gasteiger partial charge in [-0.2, -0.15) is 0 Å². The molecule has 1 rings (SSSR count). The third kappa shape index (κ3) is 1.53. The first-order chi connectivity index (χ1) is 3.79. The molecule has 1 heterocycles. The van der Waals surface area contributed by atoms with E-state index in [2.05, 4.69) is 21.2 Å². The average Bonchev–Trinajstić information content (AvgIpc) is 1.77. The van der Waals surface area contributed by atoms with E-state index in [1.807, 2.05) is 12.2 Å². The predicted octanol–water partition coefficient (Wildman–Crippen LogP) is 1.95. The maximum atomic E-state index is 5.57. The van der Waals surface area contributed by atoms with Gasteiger partial charge in [-0.05, 0) is 6.08 Å². The number of hydrogen-bond acceptors (Lipinski definition) is 1. The molecule has 0 saturated heterocycles. The minimum atomic E-state index is 0.241. The van der Waals surface area contributed by atoms with Gasteiger partial charge < -0.3 is 5.32 Å². The van der Waals surface area contributed by atoms with Crippen molar-refractivity contribution in [3.8, 4) is 0 Å². The van der Waals surface area contributed by atoms with Gasteiger partial charge in [-0.3, -0.25) is 0 Å². The Balaban J connectivity index is 2.58. The maximum Gasteiger partial charge on any atom is 0.100 e. The van der Waals surface area contributed by atoms with Gasteiger partial charge in [-0.25, -0.2) is 0 Å². The van der Waals surface area contributed by atoms with Gasteiger partial charge in [0.25, 0.3) is 0 Å². The number of halogens is 2. The van der Waals surface area contributed by atoms with Gasteiger partial charge in [0.05, 0.1) is 5.03 Å². The quantitative estimate of drug-likeness (QED) is 0.459. The lowest BCUT2D eigenvalue weighted by Gasteiger charge is -2.07. The third-order valence-electron chi connectivity index (χ3n) is 0.805. The van der Waals surface area contributed by atoms with Crippen molar-refractivity contribution in [2.45, 2.75) is 4.95 Å². The van der Waals surface area contributed by atoms with Crippen molar-refractivity contribution >= 4 is 27.5 Å². The van der Waals surface area contributed by atoms with Crippen LogP contribution in [0.2, 0.25) is 0 Å². The second-order valence-corrected chi connectivity index (χ2v) is 2.88. The van der Waals surface area contributed by atoms with Crippen molar-refractivity contribution in [2.75, 3.05) is 0 Å². The molecule has 1 N–H and O–H groups in total. The Hall–Kier alpha value is 0.0500. The van der Waals surface area contributed by atoms with Crippen LogP contribution in [-0.4, -0.2) is 4.95 Å². The first kappa shape index (κ1) is 6.17. The Kier molecular flexibility index (Phi) is 1.97. The van der Waals surface area contributed by atoms with Crippen LogP contribution in [0, 0.1) is 0 Å². The monoisotopic (exact) mass is 193 g/mol. The zero-order chi connectivity index (χ0) is 5.98. The molecule has 1 aliphatic rings. The maximum absolute atomic E-state index is 5.57. The normalized spacial score (nSPS) is 26.8. The van der Waals surface area contributed by atoms with Crippen LogP contribution in [0.25, 0.3) is 0 Å². The van der Waals surface area contributed by atoms with Crippen LogP contribution in [0.4, 0.5) is 0 Å². The molecule has 0 fully saturated rings. The van der Waals surface area contributed by atoms with Crippen LogP contribution in [0.1, 0.15) is 0 Å². The fourth-order valence-electron chi connectivity index (χ4n) is 0.439. The highest BCUT2D eigenvalue weighted by molar-refractivity contribution is 9.09. The highest BCUT2D eigenvalue weighted by atomic mass is 79.9. The van der Waals surface area contributed by atoms with E-state index < -0.39 is 0 Å². The van der Waals surface area contributed by atoms with Crippen molar-refractivity contribution in [2.24, 2.45) is 0 Å². The lowest BCUT2D eigenvalue weighted by atomic mass is 10.4. The van der Waals surface area contributed by atoms with Crippen LogP contribution in [0.15, 0.2) is 23.4 Å². The van der Waals surface area contributed by atoms with Crippen LogP contribution in [-0.2, 0) is 0 Å². The molecule has 0 spiro atoms. The molecule has 0 saturated carbocycles. The van der Waals surface area contributed by atoms with Crippen molar-refractivity contribution in [3.63, 3.8) is 0 Å². The summed E-state index contributed by atoms with van der Waals surface area (Å²) in [7, 11) is 0. The molecule has 0 aromatic rings. The highest BCUT2D eigenvalue weighted by Crippen LogP contribution is 2.10. The van der Waals surface area contributed by atoms with Gasteiger partial charge in [0.15, 0.2) is 0 Å². The van der Waals surface area contributed by atoms with Crippen molar-refractivity contribution < 1.29 is 0 Å². The molecule has 0 bridgehead atoms. The summed E-state index contributed by atoms with van der Waals surface area (Å²) in [6.45, 7) is 0. The molecule has 3 heteroatoms. The van der Waals surface area contributed by atoms with E-state index in [1.165, 1.54) is 0 Å². The van der Waals surface area contributed by atoms with E-state index in [9.17, 15) is 0 Å². The van der Waals surface area contributed by atoms with E-state index in [0.29, 0.717) is 0 Å². The second kappa shape index (κ2) is 2.55. The highest BCUT2D eigenvalue weighted by Gasteiger charge is 1.98. The molecule has 0 radical (unpaired) electrons. The third-order valence-corrected chi connectivity index (χ3v) is 1.61. The van der Waals surface area contributed by atoms with Gasteiger partial charge in [0, 0.05) is 6.20 Å². The predicted molar refractivity (Wildman–Crippen MR) is 38.9 cm³/mol. The summed E-state index contributed by atoms with van der Waals surface area (Å²) in [5, 5.41) is 3.70. The number of alkyl halides is 1. The summed E-state index contributed by atoms with van der Waals surface area (Å²) in [5.41, 5.74) is 0. The Morgan fingerprint density at radius 1 is 1.75 bits per heavy atom. The minimum absolute atomic E-state index is 0.241. The van der Waals surface area contributed by atoms with Gasteiger partial charge in [-0.15, -0.1) is 0 Å². The van der Waals surface area contributed by atoms with Crippen LogP contribution in [0.5, 0.6) is 0 Å². The molecule has 0 aliphatic carbocycles. The molecule has 0 amide bonds. The molecule has 1 unspecified atom stereocenters. The molecule has 8 heavy (non-hydrogen) atoms. The molecular weight excluding hydrogens is 189 g/mol. The van der Waals surface area contributed by atoms with Crippen molar-refractivity contribution in [1.29, 1.82) is 0 Å². The van der Waals surface area contributed by atoms with Crippen LogP contribution in [0.3, 0.4) is 0 Å². The molecule has 1 aliphatic heterocycles. The Bertz CT molecular complexity index is 141. The lowest BCUT2D eigenvalue weighted by Crippen LogP contribution is -2.16. The number of allylic oxidation sites excluding steroid dienone is 2. The van der Waals surface area contributed by atoms with Crippen molar-refractivity contribution in [1.82, 2.24) is 5.32 Å². The van der Waals surface area contributed by atoms with E-state index in [-0.39, 0.29) is 4.95 Å². The smallest absolute Gasteiger partial charge is 0.100 e. The minimum Gasteiger partial charge on any atom is -0.374 e. The lowest BCUT2D eigenvalue weighted by molar-refractivity contribution is 0.923. The topological polar surface area (TPSA) is 12.0 Å². The summed E-state index contributed by atoms with van der Waals surface area (Å²) in [6, 6.07) is 0. The number of nitrogens with one attached hydrogen (secondary N) is 1. The van der Waals surface area contributed by atoms with E-state index >= 15 is 0 Å². The SMILES string of the molecule is ClC1=CNC(Br)C=C1. The summed E-state index contributed by atoms with van der Waals surface area (Å²) in [5.74, 6) is 0. The fourth-order valence-corrected chi connectivity index (χ4v) is 0.860. The first-order valence-corrected chi connectivity index (χ1v) is 3.52. The first-order valence-electron chi connectivity index (χ1n) is 2.23. The zero-order valence-electron chi connectivity index (χ0n) is 4.07. The Morgan fingerprint density at radius 2 is 2.50 bits per heavy atom. The molecule has 0 aromatic carbocycles. The molecule has 1 atom stereocenters. The number of rotatable bonds is 0. The van der Waals surface area contributed by atoms with Crippen LogP contribution >= 0.6 is 27.5 Å². The van der Waals surface area contributed by atoms with Gasteiger partial charge in [0.2, 0.25) is 0 Å². The Labute approximate surface area is 61.5 Å². The largest absolute Gasteiger partial charge is 0.374 e. The molecule has 1 nitrogen and oxygen atoms in total. The summed E-state index contributed by atoms with van der Waals surface area (Å²) in [6.07, 6.45) is 5.53. The van der Waals surface area contributed by atoms with Gasteiger partial charge >= 0.3 is 0 Å². The van der Waals surface area contributed by atoms with Crippen LogP contribution < -0.4 is 5.32 Å². The fraction of sp³-hybridized carbons (Fsp3) is 0.200. The second-order valence-electron chi connectivity index (χ2n) is 1.46. The molecule has 44 valence electrons. The van der Waals surface area contributed by atoms with E-state index in [1.54, 1.807) is 6.20 Å². The number of dihydropyridines is 1. The Morgan fingerprint density at radius 3 is 2.88 bits per heavy atom. The number of hydrogen-bond donors (Lipinski definition) is 1. The van der Waals surface area contributed by atoms with Gasteiger partial charge in [-0.1, -0.05) is 33.6 Å². The van der Waals surface area contributed by atoms with E-state index in [0.717, 1.165) is 5.03 Å². The summed E-state index contributed by atoms with van der Waals surface area (Å²) >= 11 is 8.89. The average molecular weight is 194 g/mol. The summed E-state index contributed by atoms with van der Waals surface area (Å²) in [4.78, 5) is 0.241. The molecular formula is C5H5BrClN. The van der Waals surface area contributed by atoms with Crippen molar-refractivity contribution in [3.05, 3.63) is 23.4 Å². The van der Waals surface area contributed by atoms with Gasteiger partial charge in [0.1, 0.15) is 4.95 Å². The summed E-state index contributed by atoms with van der Waals surface area (Å²) < 4.78 is 0. The van der Waals surface area contributed by atoms with E-state index in [4.69, 9.17) is 11.6 Å². The standard InChI is InChI=1S/C5H5BrClN/c6-5-2-1-4(7)3-8-5/h1-3,5,8H.